The molecule has 1 aromatic carbocycles. The van der Waals surface area contributed by atoms with Gasteiger partial charge in [-0.25, -0.2) is 4.39 Å². The van der Waals surface area contributed by atoms with Crippen molar-refractivity contribution in [1.29, 1.82) is 0 Å². The van der Waals surface area contributed by atoms with Crippen LogP contribution in [0.5, 0.6) is 0 Å². The summed E-state index contributed by atoms with van der Waals surface area (Å²) in [6.07, 6.45) is 1.44. The Balaban J connectivity index is 0.00000210. The van der Waals surface area contributed by atoms with Gasteiger partial charge < -0.3 is 15.1 Å². The standard InChI is InChI=1S/C20H26FN3O2.ClH/c1-13(25)23-7-5-14(6-8-23)20(26)24-12-16-10-22-11-18(16)19(24)15-3-2-4-17(21)9-15;/h2-4,9,14,16,18-19,22H,5-8,10-12H2,1H3;1H/t16-,18-,19+;/m0./s1. The Morgan fingerprint density at radius 2 is 1.93 bits per heavy atom. The van der Waals surface area contributed by atoms with E-state index in [1.807, 2.05) is 15.9 Å². The third-order valence-electron chi connectivity index (χ3n) is 6.33. The van der Waals surface area contributed by atoms with Crippen LogP contribution in [0.25, 0.3) is 0 Å². The maximum absolute atomic E-state index is 13.8. The van der Waals surface area contributed by atoms with Crippen molar-refractivity contribution in [3.63, 3.8) is 0 Å². The number of carbonyl (C=O) groups excluding carboxylic acids is 2. The Morgan fingerprint density at radius 1 is 1.19 bits per heavy atom. The summed E-state index contributed by atoms with van der Waals surface area (Å²) in [5.74, 6) is 0.752. The second kappa shape index (κ2) is 8.15. The lowest BCUT2D eigenvalue weighted by Crippen LogP contribution is -2.44. The van der Waals surface area contributed by atoms with Crippen LogP contribution in [0.1, 0.15) is 31.4 Å². The van der Waals surface area contributed by atoms with Crippen LogP contribution < -0.4 is 5.32 Å². The number of likely N-dealkylation sites (tertiary alicyclic amines) is 2. The van der Waals surface area contributed by atoms with E-state index in [1.165, 1.54) is 6.07 Å². The van der Waals surface area contributed by atoms with E-state index in [1.54, 1.807) is 19.1 Å². The predicted octanol–water partition coefficient (Wildman–Crippen LogP) is 2.22. The molecule has 3 fully saturated rings. The molecule has 1 aromatic rings. The number of fused-ring (bicyclic) bond motifs is 1. The highest BCUT2D eigenvalue weighted by Gasteiger charge is 2.48. The maximum Gasteiger partial charge on any atom is 0.226 e. The number of rotatable bonds is 2. The molecular formula is C20H27ClFN3O2. The minimum Gasteiger partial charge on any atom is -0.343 e. The quantitative estimate of drug-likeness (QED) is 0.835. The first-order valence-corrected chi connectivity index (χ1v) is 9.57. The van der Waals surface area contributed by atoms with Gasteiger partial charge in [-0.15, -0.1) is 12.4 Å². The van der Waals surface area contributed by atoms with Gasteiger partial charge >= 0.3 is 0 Å². The molecule has 1 N–H and O–H groups in total. The van der Waals surface area contributed by atoms with Crippen LogP contribution in [0.15, 0.2) is 24.3 Å². The molecule has 0 radical (unpaired) electrons. The summed E-state index contributed by atoms with van der Waals surface area (Å²) >= 11 is 0. The van der Waals surface area contributed by atoms with E-state index >= 15 is 0 Å². The normalized spacial score (nSPS) is 28.0. The van der Waals surface area contributed by atoms with Crippen LogP contribution in [0.4, 0.5) is 4.39 Å². The number of nitrogens with zero attached hydrogens (tertiary/aromatic N) is 2. The van der Waals surface area contributed by atoms with Gasteiger partial charge in [0.2, 0.25) is 11.8 Å². The minimum absolute atomic E-state index is 0. The first-order valence-electron chi connectivity index (χ1n) is 9.57. The van der Waals surface area contributed by atoms with Gasteiger partial charge in [-0.3, -0.25) is 9.59 Å². The monoisotopic (exact) mass is 395 g/mol. The van der Waals surface area contributed by atoms with Crippen LogP contribution >= 0.6 is 12.4 Å². The van der Waals surface area contributed by atoms with Crippen molar-refractivity contribution in [2.45, 2.75) is 25.8 Å². The van der Waals surface area contributed by atoms with Gasteiger partial charge in [0, 0.05) is 51.5 Å². The Morgan fingerprint density at radius 3 is 2.59 bits per heavy atom. The second-order valence-corrected chi connectivity index (χ2v) is 7.85. The molecule has 0 bridgehead atoms. The fourth-order valence-electron chi connectivity index (χ4n) is 4.94. The zero-order valence-corrected chi connectivity index (χ0v) is 16.4. The SMILES string of the molecule is CC(=O)N1CCC(C(=O)N2C[C@@H]3CNC[C@@H]3[C@H]2c2cccc(F)c2)CC1.Cl. The number of benzene rings is 1. The van der Waals surface area contributed by atoms with E-state index < -0.39 is 0 Å². The summed E-state index contributed by atoms with van der Waals surface area (Å²) in [4.78, 5) is 28.6. The summed E-state index contributed by atoms with van der Waals surface area (Å²) in [5, 5.41) is 3.42. The van der Waals surface area contributed by atoms with Crippen molar-refractivity contribution in [3.05, 3.63) is 35.6 Å². The zero-order valence-electron chi connectivity index (χ0n) is 15.6. The molecule has 2 amide bonds. The van der Waals surface area contributed by atoms with Crippen LogP contribution in [-0.4, -0.2) is 54.3 Å². The molecular weight excluding hydrogens is 369 g/mol. The summed E-state index contributed by atoms with van der Waals surface area (Å²) in [6, 6.07) is 6.64. The molecule has 7 heteroatoms. The Kier molecular flexibility index (Phi) is 6.06. The van der Waals surface area contributed by atoms with Crippen molar-refractivity contribution in [2.75, 3.05) is 32.7 Å². The third-order valence-corrected chi connectivity index (χ3v) is 6.33. The number of amides is 2. The summed E-state index contributed by atoms with van der Waals surface area (Å²) in [7, 11) is 0. The third kappa shape index (κ3) is 3.83. The van der Waals surface area contributed by atoms with E-state index in [0.717, 1.165) is 38.0 Å². The van der Waals surface area contributed by atoms with Crippen LogP contribution in [0.2, 0.25) is 0 Å². The molecule has 27 heavy (non-hydrogen) atoms. The van der Waals surface area contributed by atoms with Gasteiger partial charge in [-0.1, -0.05) is 12.1 Å². The van der Waals surface area contributed by atoms with Crippen LogP contribution in [0.3, 0.4) is 0 Å². The van der Waals surface area contributed by atoms with Crippen molar-refractivity contribution in [1.82, 2.24) is 15.1 Å². The van der Waals surface area contributed by atoms with Gasteiger partial charge in [0.05, 0.1) is 6.04 Å². The lowest BCUT2D eigenvalue weighted by atomic mass is 9.89. The maximum atomic E-state index is 13.8. The number of carbonyl (C=O) groups is 2. The average molecular weight is 396 g/mol. The van der Waals surface area contributed by atoms with Gasteiger partial charge in [-0.05, 0) is 36.5 Å². The second-order valence-electron chi connectivity index (χ2n) is 7.85. The Hall–Kier alpha value is -1.66. The zero-order chi connectivity index (χ0) is 18.3. The molecule has 0 aliphatic carbocycles. The van der Waals surface area contributed by atoms with Crippen LogP contribution in [-0.2, 0) is 9.59 Å². The van der Waals surface area contributed by atoms with E-state index in [-0.39, 0.29) is 42.0 Å². The van der Waals surface area contributed by atoms with Gasteiger partial charge in [-0.2, -0.15) is 0 Å². The minimum atomic E-state index is -0.251. The van der Waals surface area contributed by atoms with Crippen molar-refractivity contribution in [3.8, 4) is 0 Å². The first-order chi connectivity index (χ1) is 12.5. The lowest BCUT2D eigenvalue weighted by Gasteiger charge is -2.35. The molecule has 0 saturated carbocycles. The molecule has 3 saturated heterocycles. The molecule has 5 nitrogen and oxygen atoms in total. The van der Waals surface area contributed by atoms with E-state index in [2.05, 4.69) is 5.32 Å². The largest absolute Gasteiger partial charge is 0.343 e. The Bertz CT molecular complexity index is 708. The van der Waals surface area contributed by atoms with Crippen molar-refractivity contribution in [2.24, 2.45) is 17.8 Å². The highest BCUT2D eigenvalue weighted by molar-refractivity contribution is 5.85. The van der Waals surface area contributed by atoms with E-state index in [4.69, 9.17) is 0 Å². The van der Waals surface area contributed by atoms with Crippen molar-refractivity contribution < 1.29 is 14.0 Å². The number of piperidine rings is 1. The highest BCUT2D eigenvalue weighted by atomic mass is 35.5. The van der Waals surface area contributed by atoms with E-state index in [0.29, 0.717) is 24.9 Å². The van der Waals surface area contributed by atoms with Crippen molar-refractivity contribution >= 4 is 24.2 Å². The molecule has 3 aliphatic heterocycles. The number of hydrogen-bond donors (Lipinski definition) is 1. The average Bonchev–Trinajstić information content (AvgIpc) is 3.22. The summed E-state index contributed by atoms with van der Waals surface area (Å²) in [6.45, 7) is 5.42. The molecule has 0 spiro atoms. The molecule has 4 rings (SSSR count). The lowest BCUT2D eigenvalue weighted by molar-refractivity contribution is -0.141. The Labute approximate surface area is 165 Å². The highest BCUT2D eigenvalue weighted by Crippen LogP contribution is 2.44. The predicted molar refractivity (Wildman–Crippen MR) is 103 cm³/mol. The molecule has 0 unspecified atom stereocenters. The molecule has 3 atom stereocenters. The molecule has 148 valence electrons. The summed E-state index contributed by atoms with van der Waals surface area (Å²) < 4.78 is 13.8. The number of halogens is 2. The number of hydrogen-bond acceptors (Lipinski definition) is 3. The van der Waals surface area contributed by atoms with Crippen LogP contribution in [0, 0.1) is 23.6 Å². The van der Waals surface area contributed by atoms with Gasteiger partial charge in [0.15, 0.2) is 0 Å². The fraction of sp³-hybridized carbons (Fsp3) is 0.600. The topological polar surface area (TPSA) is 52.7 Å². The fourth-order valence-corrected chi connectivity index (χ4v) is 4.94. The molecule has 3 aliphatic rings. The molecule has 3 heterocycles. The summed E-state index contributed by atoms with van der Waals surface area (Å²) in [5.41, 5.74) is 0.899. The van der Waals surface area contributed by atoms with Gasteiger partial charge in [0.1, 0.15) is 5.82 Å². The smallest absolute Gasteiger partial charge is 0.226 e. The molecule has 0 aromatic heterocycles. The van der Waals surface area contributed by atoms with Gasteiger partial charge in [0.25, 0.3) is 0 Å². The first kappa shape index (κ1) is 20.1. The number of nitrogens with one attached hydrogen (secondary N) is 1. The van der Waals surface area contributed by atoms with E-state index in [9.17, 15) is 14.0 Å².